The molecule has 0 aromatic rings. The van der Waals surface area contributed by atoms with Crippen molar-refractivity contribution in [2.75, 3.05) is 13.2 Å². The average Bonchev–Trinajstić information content (AvgIpc) is 2.78. The molecule has 1 heterocycles. The zero-order chi connectivity index (χ0) is 10.5. The summed E-state index contributed by atoms with van der Waals surface area (Å²) in [5.74, 6) is 0.205. The predicted octanol–water partition coefficient (Wildman–Crippen LogP) is 1.67. The number of ketones is 1. The molecule has 15 heavy (non-hydrogen) atoms. The van der Waals surface area contributed by atoms with E-state index in [2.05, 4.69) is 6.92 Å². The first-order valence-corrected chi connectivity index (χ1v) is 5.65. The summed E-state index contributed by atoms with van der Waals surface area (Å²) in [5.41, 5.74) is -0.180. The lowest BCUT2D eigenvalue weighted by molar-refractivity contribution is -0.198. The van der Waals surface area contributed by atoms with E-state index in [4.69, 9.17) is 9.47 Å². The van der Waals surface area contributed by atoms with E-state index < -0.39 is 0 Å². The molecule has 1 aliphatic heterocycles. The minimum Gasteiger partial charge on any atom is -0.348 e. The van der Waals surface area contributed by atoms with E-state index >= 15 is 0 Å². The van der Waals surface area contributed by atoms with E-state index in [9.17, 15) is 4.79 Å². The Morgan fingerprint density at radius 2 is 2.07 bits per heavy atom. The molecule has 2 fully saturated rings. The molecule has 0 unspecified atom stereocenters. The van der Waals surface area contributed by atoms with Gasteiger partial charge >= 0.3 is 0 Å². The molecular formula is C12H16O3. The molecule has 82 valence electrons. The summed E-state index contributed by atoms with van der Waals surface area (Å²) in [4.78, 5) is 11.8. The fourth-order valence-electron chi connectivity index (χ4n) is 3.04. The second-order valence-corrected chi connectivity index (χ2v) is 5.06. The van der Waals surface area contributed by atoms with E-state index in [1.165, 1.54) is 0 Å². The minimum atomic E-state index is -0.376. The molecule has 1 saturated heterocycles. The SMILES string of the molecule is C[C@]12CCC3(C[C@H]1C=CC2=O)OCCO3. The van der Waals surface area contributed by atoms with Gasteiger partial charge in [-0.25, -0.2) is 0 Å². The number of fused-ring (bicyclic) bond motifs is 1. The van der Waals surface area contributed by atoms with E-state index in [0.29, 0.717) is 19.1 Å². The summed E-state index contributed by atoms with van der Waals surface area (Å²) in [6, 6.07) is 0. The number of rotatable bonds is 0. The van der Waals surface area contributed by atoms with Crippen molar-refractivity contribution in [3.8, 4) is 0 Å². The molecule has 0 amide bonds. The van der Waals surface area contributed by atoms with E-state index in [1.807, 2.05) is 6.08 Å². The van der Waals surface area contributed by atoms with Gasteiger partial charge in [0.1, 0.15) is 0 Å². The normalized spacial score (nSPS) is 42.5. The monoisotopic (exact) mass is 208 g/mol. The van der Waals surface area contributed by atoms with Crippen molar-refractivity contribution in [1.82, 2.24) is 0 Å². The summed E-state index contributed by atoms with van der Waals surface area (Å²) < 4.78 is 11.4. The Kier molecular flexibility index (Phi) is 1.86. The van der Waals surface area contributed by atoms with Crippen LogP contribution in [-0.4, -0.2) is 24.8 Å². The lowest BCUT2D eigenvalue weighted by Gasteiger charge is -2.43. The average molecular weight is 208 g/mol. The maximum atomic E-state index is 11.8. The third-order valence-corrected chi connectivity index (χ3v) is 4.23. The summed E-state index contributed by atoms with van der Waals surface area (Å²) in [6.07, 6.45) is 6.34. The van der Waals surface area contributed by atoms with Gasteiger partial charge in [0, 0.05) is 18.3 Å². The van der Waals surface area contributed by atoms with E-state index in [0.717, 1.165) is 19.3 Å². The Balaban J connectivity index is 1.85. The van der Waals surface area contributed by atoms with Crippen molar-refractivity contribution in [2.24, 2.45) is 11.3 Å². The van der Waals surface area contributed by atoms with Crippen molar-refractivity contribution in [3.05, 3.63) is 12.2 Å². The van der Waals surface area contributed by atoms with Gasteiger partial charge in [0.05, 0.1) is 13.2 Å². The number of hydrogen-bond acceptors (Lipinski definition) is 3. The number of hydrogen-bond donors (Lipinski definition) is 0. The molecule has 2 aliphatic carbocycles. The highest BCUT2D eigenvalue weighted by Gasteiger charge is 2.53. The summed E-state index contributed by atoms with van der Waals surface area (Å²) in [7, 11) is 0. The first-order chi connectivity index (χ1) is 7.15. The lowest BCUT2D eigenvalue weighted by Crippen LogP contribution is -2.45. The molecule has 3 aliphatic rings. The number of ether oxygens (including phenoxy) is 2. The van der Waals surface area contributed by atoms with Gasteiger partial charge in [0.25, 0.3) is 0 Å². The third-order valence-electron chi connectivity index (χ3n) is 4.23. The molecule has 1 spiro atoms. The quantitative estimate of drug-likeness (QED) is 0.607. The standard InChI is InChI=1S/C12H16O3/c1-11-4-5-12(14-6-7-15-12)8-9(11)2-3-10(11)13/h2-3,9H,4-8H2,1H3/t9-,11+/m1/s1. The van der Waals surface area contributed by atoms with Crippen molar-refractivity contribution >= 4 is 5.78 Å². The molecule has 0 radical (unpaired) electrons. The van der Waals surface area contributed by atoms with Crippen LogP contribution < -0.4 is 0 Å². The van der Waals surface area contributed by atoms with Crippen LogP contribution in [0, 0.1) is 11.3 Å². The summed E-state index contributed by atoms with van der Waals surface area (Å²) in [5, 5.41) is 0. The van der Waals surface area contributed by atoms with Crippen LogP contribution in [0.25, 0.3) is 0 Å². The topological polar surface area (TPSA) is 35.5 Å². The van der Waals surface area contributed by atoms with Crippen molar-refractivity contribution in [1.29, 1.82) is 0 Å². The fraction of sp³-hybridized carbons (Fsp3) is 0.750. The maximum Gasteiger partial charge on any atom is 0.169 e. The van der Waals surface area contributed by atoms with Gasteiger partial charge in [0.15, 0.2) is 11.6 Å². The maximum absolute atomic E-state index is 11.8. The van der Waals surface area contributed by atoms with E-state index in [1.54, 1.807) is 6.08 Å². The first kappa shape index (κ1) is 9.55. The highest BCUT2D eigenvalue weighted by atomic mass is 16.7. The highest BCUT2D eigenvalue weighted by molar-refractivity contribution is 5.97. The second kappa shape index (κ2) is 2.92. The van der Waals surface area contributed by atoms with Crippen LogP contribution in [0.15, 0.2) is 12.2 Å². The Morgan fingerprint density at radius 3 is 2.80 bits per heavy atom. The summed E-state index contributed by atoms with van der Waals surface area (Å²) >= 11 is 0. The molecule has 2 atom stereocenters. The fourth-order valence-corrected chi connectivity index (χ4v) is 3.04. The smallest absolute Gasteiger partial charge is 0.169 e. The van der Waals surface area contributed by atoms with E-state index in [-0.39, 0.29) is 17.0 Å². The van der Waals surface area contributed by atoms with Crippen LogP contribution in [-0.2, 0) is 14.3 Å². The Bertz CT molecular complexity index is 328. The van der Waals surface area contributed by atoms with Crippen molar-refractivity contribution < 1.29 is 14.3 Å². The number of carbonyl (C=O) groups is 1. The zero-order valence-corrected chi connectivity index (χ0v) is 8.99. The third kappa shape index (κ3) is 1.23. The molecule has 0 N–H and O–H groups in total. The zero-order valence-electron chi connectivity index (χ0n) is 8.99. The van der Waals surface area contributed by atoms with Gasteiger partial charge in [-0.3, -0.25) is 4.79 Å². The second-order valence-electron chi connectivity index (χ2n) is 5.06. The number of allylic oxidation sites excluding steroid dienone is 2. The van der Waals surface area contributed by atoms with Crippen LogP contribution in [0.3, 0.4) is 0 Å². The van der Waals surface area contributed by atoms with Crippen molar-refractivity contribution in [3.63, 3.8) is 0 Å². The lowest BCUT2D eigenvalue weighted by atomic mass is 9.66. The molecule has 0 aromatic carbocycles. The summed E-state index contributed by atoms with van der Waals surface area (Å²) in [6.45, 7) is 3.46. The molecule has 0 aromatic heterocycles. The van der Waals surface area contributed by atoms with Gasteiger partial charge in [-0.2, -0.15) is 0 Å². The van der Waals surface area contributed by atoms with Crippen LogP contribution in [0.2, 0.25) is 0 Å². The Labute approximate surface area is 89.4 Å². The van der Waals surface area contributed by atoms with Crippen LogP contribution in [0.4, 0.5) is 0 Å². The largest absolute Gasteiger partial charge is 0.348 e. The van der Waals surface area contributed by atoms with Gasteiger partial charge < -0.3 is 9.47 Å². The van der Waals surface area contributed by atoms with Gasteiger partial charge in [-0.15, -0.1) is 0 Å². The van der Waals surface area contributed by atoms with Crippen LogP contribution in [0.5, 0.6) is 0 Å². The molecule has 0 bridgehead atoms. The number of carbonyl (C=O) groups excluding carboxylic acids is 1. The van der Waals surface area contributed by atoms with Gasteiger partial charge in [0.2, 0.25) is 0 Å². The molecule has 3 nitrogen and oxygen atoms in total. The van der Waals surface area contributed by atoms with Gasteiger partial charge in [-0.05, 0) is 18.4 Å². The van der Waals surface area contributed by atoms with Gasteiger partial charge in [-0.1, -0.05) is 13.0 Å². The molecule has 3 rings (SSSR count). The van der Waals surface area contributed by atoms with Crippen LogP contribution in [0.1, 0.15) is 26.2 Å². The first-order valence-electron chi connectivity index (χ1n) is 5.65. The van der Waals surface area contributed by atoms with Crippen molar-refractivity contribution in [2.45, 2.75) is 32.0 Å². The Hall–Kier alpha value is -0.670. The Morgan fingerprint density at radius 1 is 1.33 bits per heavy atom. The molecular weight excluding hydrogens is 192 g/mol. The molecule has 3 heteroatoms. The molecule has 1 saturated carbocycles. The predicted molar refractivity (Wildman–Crippen MR) is 54.2 cm³/mol. The van der Waals surface area contributed by atoms with Crippen LogP contribution >= 0.6 is 0 Å². The minimum absolute atomic E-state index is 0.180. The highest BCUT2D eigenvalue weighted by Crippen LogP contribution is 2.51.